The Bertz CT molecular complexity index is 937. The van der Waals surface area contributed by atoms with Crippen molar-refractivity contribution in [1.29, 1.82) is 0 Å². The van der Waals surface area contributed by atoms with Gasteiger partial charge in [-0.1, -0.05) is 19.1 Å². The largest absolute Gasteiger partial charge is 0.450 e. The molecule has 3 amide bonds. The fourth-order valence-electron chi connectivity index (χ4n) is 3.50. The summed E-state index contributed by atoms with van der Waals surface area (Å²) in [5.41, 5.74) is 2.22. The van der Waals surface area contributed by atoms with Crippen molar-refractivity contribution in [2.45, 2.75) is 44.4 Å². The zero-order valence-electron chi connectivity index (χ0n) is 17.4. The van der Waals surface area contributed by atoms with Gasteiger partial charge >= 0.3 is 6.09 Å². The van der Waals surface area contributed by atoms with E-state index in [9.17, 15) is 14.4 Å². The normalized spacial score (nSPS) is 15.2. The highest BCUT2D eigenvalue weighted by atomic mass is 32.2. The van der Waals surface area contributed by atoms with E-state index < -0.39 is 12.0 Å². The molecule has 1 aromatic carbocycles. The molecule has 0 saturated heterocycles. The van der Waals surface area contributed by atoms with Crippen molar-refractivity contribution in [3.8, 4) is 0 Å². The van der Waals surface area contributed by atoms with E-state index >= 15 is 0 Å². The Kier molecular flexibility index (Phi) is 7.55. The van der Waals surface area contributed by atoms with Crippen molar-refractivity contribution in [1.82, 2.24) is 5.32 Å². The third-order valence-electron chi connectivity index (χ3n) is 5.01. The fraction of sp³-hybridized carbons (Fsp3) is 0.409. The number of hydrogen-bond donors (Lipinski definition) is 2. The van der Waals surface area contributed by atoms with E-state index in [1.165, 1.54) is 11.3 Å². The van der Waals surface area contributed by atoms with Crippen molar-refractivity contribution < 1.29 is 19.1 Å². The summed E-state index contributed by atoms with van der Waals surface area (Å²) in [6, 6.07) is 7.83. The first kappa shape index (κ1) is 22.4. The van der Waals surface area contributed by atoms with Crippen molar-refractivity contribution >= 4 is 46.0 Å². The molecule has 2 aromatic rings. The zero-order valence-corrected chi connectivity index (χ0v) is 19.0. The summed E-state index contributed by atoms with van der Waals surface area (Å²) < 4.78 is 4.83. The number of hydrogen-bond acceptors (Lipinski definition) is 6. The van der Waals surface area contributed by atoms with E-state index in [4.69, 9.17) is 4.74 Å². The number of thioether (sulfide) groups is 1. The van der Waals surface area contributed by atoms with E-state index in [1.54, 1.807) is 18.7 Å². The van der Waals surface area contributed by atoms with E-state index in [2.05, 4.69) is 17.6 Å². The van der Waals surface area contributed by atoms with Crippen molar-refractivity contribution in [2.24, 2.45) is 5.92 Å². The number of rotatable bonds is 6. The number of anilines is 1. The highest BCUT2D eigenvalue weighted by Gasteiger charge is 2.29. The predicted octanol–water partition coefficient (Wildman–Crippen LogP) is 4.66. The molecule has 0 aliphatic heterocycles. The average Bonchev–Trinajstić information content (AvgIpc) is 3.05. The summed E-state index contributed by atoms with van der Waals surface area (Å²) in [5, 5.41) is 5.68. The average molecular weight is 447 g/mol. The maximum Gasteiger partial charge on any atom is 0.414 e. The van der Waals surface area contributed by atoms with Gasteiger partial charge in [0.2, 0.25) is 5.91 Å². The van der Waals surface area contributed by atoms with Crippen LogP contribution in [0.3, 0.4) is 0 Å². The van der Waals surface area contributed by atoms with Crippen molar-refractivity contribution in [2.75, 3.05) is 18.2 Å². The molecule has 1 aliphatic rings. The van der Waals surface area contributed by atoms with Gasteiger partial charge in [0.05, 0.1) is 18.6 Å². The van der Waals surface area contributed by atoms with Crippen LogP contribution in [-0.2, 0) is 28.8 Å². The molecule has 3 rings (SSSR count). The van der Waals surface area contributed by atoms with E-state index in [-0.39, 0.29) is 18.9 Å². The van der Waals surface area contributed by atoms with Gasteiger partial charge < -0.3 is 10.1 Å². The molecule has 0 radical (unpaired) electrons. The van der Waals surface area contributed by atoms with Crippen molar-refractivity contribution in [3.05, 3.63) is 45.8 Å². The van der Waals surface area contributed by atoms with Crippen LogP contribution in [0, 0.1) is 5.92 Å². The van der Waals surface area contributed by atoms with E-state index in [1.807, 2.05) is 30.5 Å². The number of carbonyl (C=O) groups is 3. The topological polar surface area (TPSA) is 84.5 Å². The number of alkyl carbamates (subject to hydrolysis) is 1. The minimum absolute atomic E-state index is 0.178. The summed E-state index contributed by atoms with van der Waals surface area (Å²) in [5.74, 6) is -0.195. The minimum atomic E-state index is -0.780. The Morgan fingerprint density at radius 2 is 1.97 bits per heavy atom. The summed E-state index contributed by atoms with van der Waals surface area (Å²) in [6.07, 6.45) is 4.03. The number of ether oxygens (including phenoxy) is 1. The molecule has 0 spiro atoms. The quantitative estimate of drug-likeness (QED) is 0.631. The second kappa shape index (κ2) is 10.1. The maximum atomic E-state index is 12.8. The lowest BCUT2D eigenvalue weighted by atomic mass is 9.88. The Labute approximate surface area is 184 Å². The lowest BCUT2D eigenvalue weighted by molar-refractivity contribution is -0.115. The van der Waals surface area contributed by atoms with Gasteiger partial charge in [0.1, 0.15) is 5.00 Å². The van der Waals surface area contributed by atoms with Crippen LogP contribution in [0.4, 0.5) is 9.80 Å². The molecule has 30 heavy (non-hydrogen) atoms. The molecule has 0 fully saturated rings. The molecule has 1 heterocycles. The molecule has 1 aliphatic carbocycles. The highest BCUT2D eigenvalue weighted by molar-refractivity contribution is 7.98. The number of carbonyl (C=O) groups excluding carboxylic acids is 3. The minimum Gasteiger partial charge on any atom is -0.450 e. The third-order valence-corrected chi connectivity index (χ3v) is 6.92. The Morgan fingerprint density at radius 1 is 1.23 bits per heavy atom. The summed E-state index contributed by atoms with van der Waals surface area (Å²) in [6.45, 7) is 4.03. The van der Waals surface area contributed by atoms with Crippen LogP contribution in [0.5, 0.6) is 0 Å². The molecule has 8 heteroatoms. The summed E-state index contributed by atoms with van der Waals surface area (Å²) >= 11 is 3.08. The standard InChI is InChI=1S/C22H26N2O4S2/c1-4-28-22(27)24-20(26)19-16-10-5-13(2)11-17(16)30-21(19)23-18(25)12-14-6-8-15(29-3)9-7-14/h6-9,13H,4-5,10-12H2,1-3H3,(H,23,25)(H,24,26,27). The van der Waals surface area contributed by atoms with Crippen LogP contribution in [0.25, 0.3) is 0 Å². The number of amides is 3. The lowest BCUT2D eigenvalue weighted by Gasteiger charge is -2.18. The van der Waals surface area contributed by atoms with Gasteiger partial charge in [-0.2, -0.15) is 0 Å². The number of benzene rings is 1. The summed E-state index contributed by atoms with van der Waals surface area (Å²) in [4.78, 5) is 39.5. The Balaban J connectivity index is 1.80. The molecule has 1 aromatic heterocycles. The number of imide groups is 1. The van der Waals surface area contributed by atoms with Crippen LogP contribution < -0.4 is 10.6 Å². The van der Waals surface area contributed by atoms with Crippen LogP contribution in [0.2, 0.25) is 0 Å². The van der Waals surface area contributed by atoms with Crippen LogP contribution in [0.1, 0.15) is 46.6 Å². The molecule has 6 nitrogen and oxygen atoms in total. The van der Waals surface area contributed by atoms with Gasteiger partial charge in [0.25, 0.3) is 5.91 Å². The first-order valence-electron chi connectivity index (χ1n) is 9.96. The van der Waals surface area contributed by atoms with Crippen LogP contribution in [0.15, 0.2) is 29.2 Å². The Hall–Kier alpha value is -2.32. The number of fused-ring (bicyclic) bond motifs is 1. The van der Waals surface area contributed by atoms with Gasteiger partial charge in [-0.25, -0.2) is 4.79 Å². The molecule has 0 bridgehead atoms. The first-order chi connectivity index (χ1) is 14.4. The molecule has 2 N–H and O–H groups in total. The van der Waals surface area contributed by atoms with Gasteiger partial charge in [0.15, 0.2) is 0 Å². The molecular weight excluding hydrogens is 420 g/mol. The smallest absolute Gasteiger partial charge is 0.414 e. The third kappa shape index (κ3) is 5.43. The lowest BCUT2D eigenvalue weighted by Crippen LogP contribution is -2.32. The zero-order chi connectivity index (χ0) is 21.7. The predicted molar refractivity (Wildman–Crippen MR) is 121 cm³/mol. The SMILES string of the molecule is CCOC(=O)NC(=O)c1c(NC(=O)Cc2ccc(SC)cc2)sc2c1CCC(C)C2. The first-order valence-corrected chi connectivity index (χ1v) is 12.0. The van der Waals surface area contributed by atoms with Gasteiger partial charge in [-0.3, -0.25) is 14.9 Å². The Morgan fingerprint density at radius 3 is 2.63 bits per heavy atom. The highest BCUT2D eigenvalue weighted by Crippen LogP contribution is 2.39. The number of thiophene rings is 1. The second-order valence-electron chi connectivity index (χ2n) is 7.30. The van der Waals surface area contributed by atoms with E-state index in [0.29, 0.717) is 16.5 Å². The molecule has 160 valence electrons. The van der Waals surface area contributed by atoms with Gasteiger partial charge in [-0.05, 0) is 61.6 Å². The second-order valence-corrected chi connectivity index (χ2v) is 9.29. The van der Waals surface area contributed by atoms with Gasteiger partial charge in [-0.15, -0.1) is 23.1 Å². The maximum absolute atomic E-state index is 12.8. The van der Waals surface area contributed by atoms with Crippen molar-refractivity contribution in [3.63, 3.8) is 0 Å². The molecule has 1 atom stereocenters. The molecule has 1 unspecified atom stereocenters. The fourth-order valence-corrected chi connectivity index (χ4v) is 5.33. The van der Waals surface area contributed by atoms with Gasteiger partial charge in [0, 0.05) is 9.77 Å². The molecular formula is C22H26N2O4S2. The summed E-state index contributed by atoms with van der Waals surface area (Å²) in [7, 11) is 0. The van der Waals surface area contributed by atoms with E-state index in [0.717, 1.165) is 40.2 Å². The van der Waals surface area contributed by atoms with Crippen LogP contribution >= 0.6 is 23.1 Å². The monoisotopic (exact) mass is 446 g/mol. The van der Waals surface area contributed by atoms with Crippen LogP contribution in [-0.4, -0.2) is 30.8 Å². The number of nitrogens with one attached hydrogen (secondary N) is 2. The molecule has 0 saturated carbocycles.